The molecule has 2 aliphatic rings. The smallest absolute Gasteiger partial charge is 0.305 e. The van der Waals surface area contributed by atoms with E-state index in [1.807, 2.05) is 6.20 Å². The summed E-state index contributed by atoms with van der Waals surface area (Å²) in [4.78, 5) is 10.7. The van der Waals surface area contributed by atoms with Crippen LogP contribution in [-0.4, -0.2) is 34.6 Å². The van der Waals surface area contributed by atoms with Crippen LogP contribution in [0.5, 0.6) is 0 Å². The lowest BCUT2D eigenvalue weighted by molar-refractivity contribution is -0.163. The van der Waals surface area contributed by atoms with E-state index >= 15 is 0 Å². The summed E-state index contributed by atoms with van der Waals surface area (Å²) in [5, 5.41) is 18.1. The molecule has 3 rings (SSSR count). The number of hydrogen-bond donors (Lipinski definition) is 1. The van der Waals surface area contributed by atoms with E-state index in [0.29, 0.717) is 31.9 Å². The van der Waals surface area contributed by atoms with Crippen LogP contribution in [0.15, 0.2) is 6.20 Å². The lowest BCUT2D eigenvalue weighted by atomic mass is 9.89. The molecule has 1 aromatic heterocycles. The third-order valence-corrected chi connectivity index (χ3v) is 3.98. The third kappa shape index (κ3) is 2.19. The Morgan fingerprint density at radius 2 is 2.25 bits per heavy atom. The van der Waals surface area contributed by atoms with Gasteiger partial charge in [0, 0.05) is 25.6 Å². The fraction of sp³-hybridized carbons (Fsp3) is 0.571. The average molecular weight is 276 g/mol. The largest absolute Gasteiger partial charge is 0.481 e. The van der Waals surface area contributed by atoms with Gasteiger partial charge >= 0.3 is 5.97 Å². The summed E-state index contributed by atoms with van der Waals surface area (Å²) in [6, 6.07) is 2.19. The summed E-state index contributed by atoms with van der Waals surface area (Å²) in [6.45, 7) is 1.51. The summed E-state index contributed by atoms with van der Waals surface area (Å²) in [5.41, 5.74) is 2.60. The molecule has 2 heterocycles. The summed E-state index contributed by atoms with van der Waals surface area (Å²) in [5.74, 6) is -1.43. The Balaban J connectivity index is 1.89. The molecule has 0 bridgehead atoms. The molecule has 6 heteroatoms. The lowest BCUT2D eigenvalue weighted by Gasteiger charge is -2.31. The summed E-state index contributed by atoms with van der Waals surface area (Å²) >= 11 is 0. The van der Waals surface area contributed by atoms with Gasteiger partial charge in [0.25, 0.3) is 0 Å². The van der Waals surface area contributed by atoms with E-state index < -0.39 is 11.8 Å². The Morgan fingerprint density at radius 1 is 1.50 bits per heavy atom. The SMILES string of the molecule is N#Cc1c2c(cn1CCC(=O)O)CCC1(C2)OCCO1. The van der Waals surface area contributed by atoms with Gasteiger partial charge in [-0.05, 0) is 17.5 Å². The zero-order chi connectivity index (χ0) is 14.2. The molecular weight excluding hydrogens is 260 g/mol. The highest BCUT2D eigenvalue weighted by molar-refractivity contribution is 5.66. The minimum Gasteiger partial charge on any atom is -0.481 e. The van der Waals surface area contributed by atoms with E-state index in [4.69, 9.17) is 14.6 Å². The van der Waals surface area contributed by atoms with Crippen molar-refractivity contribution >= 4 is 5.97 Å². The number of nitrogens with zero attached hydrogens (tertiary/aromatic N) is 2. The van der Waals surface area contributed by atoms with E-state index in [1.54, 1.807) is 4.57 Å². The highest BCUT2D eigenvalue weighted by Crippen LogP contribution is 2.37. The molecule has 1 fully saturated rings. The van der Waals surface area contributed by atoms with Crippen LogP contribution in [0, 0.1) is 11.3 Å². The molecule has 0 saturated carbocycles. The number of nitriles is 1. The molecular formula is C14H16N2O4. The summed E-state index contributed by atoms with van der Waals surface area (Å²) < 4.78 is 13.2. The second-order valence-electron chi connectivity index (χ2n) is 5.21. The van der Waals surface area contributed by atoms with Crippen molar-refractivity contribution in [3.05, 3.63) is 23.0 Å². The van der Waals surface area contributed by atoms with Crippen LogP contribution in [0.1, 0.15) is 29.7 Å². The minimum atomic E-state index is -0.862. The second-order valence-corrected chi connectivity index (χ2v) is 5.21. The topological polar surface area (TPSA) is 84.5 Å². The lowest BCUT2D eigenvalue weighted by Crippen LogP contribution is -2.36. The number of aliphatic carboxylic acids is 1. The van der Waals surface area contributed by atoms with Gasteiger partial charge in [0.05, 0.1) is 19.6 Å². The van der Waals surface area contributed by atoms with Gasteiger partial charge in [-0.15, -0.1) is 0 Å². The normalized spacial score (nSPS) is 19.8. The Kier molecular flexibility index (Phi) is 3.24. The quantitative estimate of drug-likeness (QED) is 0.892. The fourth-order valence-corrected chi connectivity index (χ4v) is 3.02. The summed E-state index contributed by atoms with van der Waals surface area (Å²) in [7, 11) is 0. The molecule has 1 spiro atoms. The monoisotopic (exact) mass is 276 g/mol. The fourth-order valence-electron chi connectivity index (χ4n) is 3.02. The number of carboxylic acids is 1. The number of ether oxygens (including phenoxy) is 2. The van der Waals surface area contributed by atoms with Crippen LogP contribution in [-0.2, 0) is 33.7 Å². The molecule has 0 atom stereocenters. The maximum Gasteiger partial charge on any atom is 0.305 e. The third-order valence-electron chi connectivity index (χ3n) is 3.98. The molecule has 0 amide bonds. The van der Waals surface area contributed by atoms with Gasteiger partial charge in [0.2, 0.25) is 0 Å². The summed E-state index contributed by atoms with van der Waals surface area (Å²) in [6.07, 6.45) is 4.07. The van der Waals surface area contributed by atoms with Crippen molar-refractivity contribution in [3.8, 4) is 6.07 Å². The number of carbonyl (C=O) groups is 1. The van der Waals surface area contributed by atoms with E-state index in [1.165, 1.54) is 0 Å². The van der Waals surface area contributed by atoms with E-state index in [0.717, 1.165) is 24.0 Å². The van der Waals surface area contributed by atoms with Crippen LogP contribution in [0.4, 0.5) is 0 Å². The zero-order valence-electron chi connectivity index (χ0n) is 11.1. The number of hydrogen-bond acceptors (Lipinski definition) is 4. The Bertz CT molecular complexity index is 579. The zero-order valence-corrected chi connectivity index (χ0v) is 11.1. The van der Waals surface area contributed by atoms with E-state index in [2.05, 4.69) is 6.07 Å². The molecule has 0 radical (unpaired) electrons. The Morgan fingerprint density at radius 3 is 2.90 bits per heavy atom. The predicted molar refractivity (Wildman–Crippen MR) is 68.1 cm³/mol. The first-order chi connectivity index (χ1) is 9.63. The first-order valence-corrected chi connectivity index (χ1v) is 6.74. The van der Waals surface area contributed by atoms with Crippen LogP contribution in [0.2, 0.25) is 0 Å². The van der Waals surface area contributed by atoms with Gasteiger partial charge < -0.3 is 19.1 Å². The predicted octanol–water partition coefficient (Wildman–Crippen LogP) is 1.07. The number of carboxylic acid groups (broad SMARTS) is 1. The molecule has 0 aromatic carbocycles. The van der Waals surface area contributed by atoms with Crippen molar-refractivity contribution in [1.29, 1.82) is 5.26 Å². The van der Waals surface area contributed by atoms with Crippen molar-refractivity contribution < 1.29 is 19.4 Å². The van der Waals surface area contributed by atoms with E-state index in [-0.39, 0.29) is 6.42 Å². The molecule has 0 unspecified atom stereocenters. The van der Waals surface area contributed by atoms with Crippen LogP contribution in [0.3, 0.4) is 0 Å². The van der Waals surface area contributed by atoms with Gasteiger partial charge in [-0.2, -0.15) is 5.26 Å². The molecule has 20 heavy (non-hydrogen) atoms. The maximum absolute atomic E-state index is 10.7. The number of aromatic nitrogens is 1. The minimum absolute atomic E-state index is 0.0143. The molecule has 1 aromatic rings. The van der Waals surface area contributed by atoms with Crippen molar-refractivity contribution in [1.82, 2.24) is 4.57 Å². The standard InChI is InChI=1S/C14H16N2O4/c15-8-12-11-7-14(19-5-6-20-14)3-1-10(11)9-16(12)4-2-13(17)18/h9H,1-7H2,(H,17,18). The molecule has 1 N–H and O–H groups in total. The maximum atomic E-state index is 10.7. The molecule has 106 valence electrons. The number of fused-ring (bicyclic) bond motifs is 1. The van der Waals surface area contributed by atoms with Crippen molar-refractivity contribution in [2.75, 3.05) is 13.2 Å². The van der Waals surface area contributed by atoms with Gasteiger partial charge in [-0.25, -0.2) is 0 Å². The van der Waals surface area contributed by atoms with Gasteiger partial charge in [-0.3, -0.25) is 4.79 Å². The molecule has 6 nitrogen and oxygen atoms in total. The van der Waals surface area contributed by atoms with Crippen LogP contribution < -0.4 is 0 Å². The first kappa shape index (κ1) is 13.2. The Hall–Kier alpha value is -1.84. The van der Waals surface area contributed by atoms with Crippen LogP contribution in [0.25, 0.3) is 0 Å². The van der Waals surface area contributed by atoms with Gasteiger partial charge in [0.1, 0.15) is 11.8 Å². The van der Waals surface area contributed by atoms with Crippen molar-refractivity contribution in [2.45, 2.75) is 38.0 Å². The Labute approximate surface area is 116 Å². The first-order valence-electron chi connectivity index (χ1n) is 6.74. The van der Waals surface area contributed by atoms with Gasteiger partial charge in [0.15, 0.2) is 5.79 Å². The van der Waals surface area contributed by atoms with Crippen molar-refractivity contribution in [2.24, 2.45) is 0 Å². The van der Waals surface area contributed by atoms with Crippen molar-refractivity contribution in [3.63, 3.8) is 0 Å². The molecule has 1 saturated heterocycles. The second kappa shape index (κ2) is 4.93. The van der Waals surface area contributed by atoms with E-state index in [9.17, 15) is 10.1 Å². The molecule has 1 aliphatic carbocycles. The molecule has 1 aliphatic heterocycles. The number of aryl methyl sites for hydroxylation is 2. The highest BCUT2D eigenvalue weighted by atomic mass is 16.7. The van der Waals surface area contributed by atoms with Crippen LogP contribution >= 0.6 is 0 Å². The van der Waals surface area contributed by atoms with Gasteiger partial charge in [-0.1, -0.05) is 0 Å². The number of rotatable bonds is 3. The average Bonchev–Trinajstić information content (AvgIpc) is 3.01. The highest BCUT2D eigenvalue weighted by Gasteiger charge is 2.41.